The van der Waals surface area contributed by atoms with Crippen LogP contribution in [0.1, 0.15) is 25.7 Å². The van der Waals surface area contributed by atoms with E-state index in [0.717, 1.165) is 42.4 Å². The average molecular weight is 611 g/mol. The Hall–Kier alpha value is -2.92. The molecule has 3 heterocycles. The number of hydrogen-bond acceptors (Lipinski definition) is 12. The van der Waals surface area contributed by atoms with Crippen LogP contribution in [0, 0.1) is 11.8 Å². The number of methoxy groups -OCH3 is 1. The fourth-order valence-corrected chi connectivity index (χ4v) is 5.73. The number of esters is 1. The zero-order chi connectivity index (χ0) is 31.3. The number of allylic oxidation sites excluding steroid dienone is 2. The highest BCUT2D eigenvalue weighted by Gasteiger charge is 2.56. The lowest BCUT2D eigenvalue weighted by Gasteiger charge is -2.46. The van der Waals surface area contributed by atoms with E-state index in [4.69, 9.17) is 18.9 Å². The second-order valence-electron chi connectivity index (χ2n) is 11.0. The fourth-order valence-electron chi connectivity index (χ4n) is 5.73. The Morgan fingerprint density at radius 2 is 1.86 bits per heavy atom. The Labute approximate surface area is 248 Å². The Balaban J connectivity index is 1.70. The predicted octanol–water partition coefficient (Wildman–Crippen LogP) is -2.39. The number of rotatable bonds is 10. The molecular formula is C29H40NO13+. The van der Waals surface area contributed by atoms with Crippen molar-refractivity contribution >= 4 is 11.9 Å². The van der Waals surface area contributed by atoms with Gasteiger partial charge in [-0.25, -0.2) is 9.59 Å². The van der Waals surface area contributed by atoms with Crippen molar-refractivity contribution in [3.63, 3.8) is 0 Å². The van der Waals surface area contributed by atoms with Gasteiger partial charge in [0, 0.05) is 11.5 Å². The standard InChI is InChI=1S/C29H39NO13/c1-40-26(37)21-15-41-27(43-28-24(34)29(38,39)23(33)22(14-32)42-28)20(11-16-4-2-3-5-16)19(21)7-6-17-10-18(25(35)36)13-30(12-17)8-9-31/h6-7,10-11,13,15,19-20,22-24,27-28,31-34,38-39H,2-5,8-9,12,14H2,1H3,(H,35,36)/p+1. The van der Waals surface area contributed by atoms with E-state index < -0.39 is 67.1 Å². The topological polar surface area (TPSA) is 217 Å². The number of hydrogen-bond donors (Lipinski definition) is 8. The molecule has 0 amide bonds. The van der Waals surface area contributed by atoms with Gasteiger partial charge in [0.25, 0.3) is 0 Å². The maximum absolute atomic E-state index is 12.9. The molecule has 0 aromatic rings. The van der Waals surface area contributed by atoms with E-state index in [9.17, 15) is 45.3 Å². The first-order valence-corrected chi connectivity index (χ1v) is 14.2. The molecule has 3 aliphatic heterocycles. The monoisotopic (exact) mass is 610 g/mol. The zero-order valence-corrected chi connectivity index (χ0v) is 23.7. The third kappa shape index (κ3) is 7.42. The molecule has 0 bridgehead atoms. The highest BCUT2D eigenvalue weighted by Crippen LogP contribution is 2.39. The number of aliphatic carboxylic acids is 1. The maximum atomic E-state index is 12.9. The minimum absolute atomic E-state index is 0.0523. The van der Waals surface area contributed by atoms with Crippen molar-refractivity contribution in [3.8, 4) is 0 Å². The van der Waals surface area contributed by atoms with Crippen molar-refractivity contribution in [2.24, 2.45) is 11.8 Å². The normalized spacial score (nSPS) is 34.2. The summed E-state index contributed by atoms with van der Waals surface area (Å²) in [7, 11) is 1.22. The van der Waals surface area contributed by atoms with Gasteiger partial charge < -0.3 is 59.6 Å². The van der Waals surface area contributed by atoms with Gasteiger partial charge in [-0.3, -0.25) is 0 Å². The number of quaternary nitrogens is 1. The molecule has 4 rings (SSSR count). The van der Waals surface area contributed by atoms with Crippen LogP contribution in [0.5, 0.6) is 0 Å². The Bertz CT molecular complexity index is 1180. The minimum atomic E-state index is -3.07. The van der Waals surface area contributed by atoms with Crippen molar-refractivity contribution in [1.29, 1.82) is 0 Å². The largest absolute Gasteiger partial charge is 0.477 e. The molecule has 43 heavy (non-hydrogen) atoms. The van der Waals surface area contributed by atoms with E-state index >= 15 is 0 Å². The first kappa shape index (κ1) is 33.0. The molecule has 14 heteroatoms. The van der Waals surface area contributed by atoms with E-state index in [1.54, 1.807) is 12.2 Å². The van der Waals surface area contributed by atoms with Crippen molar-refractivity contribution in [1.82, 2.24) is 0 Å². The molecule has 1 saturated carbocycles. The van der Waals surface area contributed by atoms with Crippen LogP contribution < -0.4 is 4.90 Å². The lowest BCUT2D eigenvalue weighted by Crippen LogP contribution is -3.08. The lowest BCUT2D eigenvalue weighted by atomic mass is 9.81. The summed E-state index contributed by atoms with van der Waals surface area (Å²) in [5, 5.41) is 70.0. The van der Waals surface area contributed by atoms with Crippen molar-refractivity contribution in [2.45, 2.75) is 62.4 Å². The van der Waals surface area contributed by atoms with Crippen LogP contribution >= 0.6 is 0 Å². The predicted molar refractivity (Wildman–Crippen MR) is 145 cm³/mol. The van der Waals surface area contributed by atoms with Crippen molar-refractivity contribution in [3.05, 3.63) is 59.1 Å². The molecule has 0 spiro atoms. The van der Waals surface area contributed by atoms with Gasteiger partial charge in [0.15, 0.2) is 12.4 Å². The second-order valence-corrected chi connectivity index (χ2v) is 11.0. The molecule has 0 radical (unpaired) electrons. The molecule has 0 aromatic carbocycles. The summed E-state index contributed by atoms with van der Waals surface area (Å²) in [6, 6.07) is 0. The van der Waals surface area contributed by atoms with Gasteiger partial charge in [0.05, 0.1) is 38.1 Å². The van der Waals surface area contributed by atoms with Crippen LogP contribution in [0.15, 0.2) is 59.1 Å². The molecule has 1 aliphatic carbocycles. The van der Waals surface area contributed by atoms with Crippen molar-refractivity contribution < 1.29 is 69.2 Å². The van der Waals surface area contributed by atoms with Crippen LogP contribution in [0.4, 0.5) is 0 Å². The van der Waals surface area contributed by atoms with Gasteiger partial charge in [-0.05, 0) is 31.8 Å². The van der Waals surface area contributed by atoms with Gasteiger partial charge in [-0.1, -0.05) is 23.8 Å². The van der Waals surface area contributed by atoms with E-state index in [1.165, 1.54) is 19.4 Å². The summed E-state index contributed by atoms with van der Waals surface area (Å²) in [6.45, 7) is -0.278. The average Bonchev–Trinajstić information content (AvgIpc) is 3.50. The number of nitrogens with one attached hydrogen (secondary N) is 1. The Morgan fingerprint density at radius 1 is 1.14 bits per heavy atom. The molecule has 1 saturated heterocycles. The number of ether oxygens (including phenoxy) is 4. The number of aliphatic hydroxyl groups excluding tert-OH is 4. The smallest absolute Gasteiger partial charge is 0.341 e. The molecular weight excluding hydrogens is 570 g/mol. The van der Waals surface area contributed by atoms with E-state index in [2.05, 4.69) is 0 Å². The highest BCUT2D eigenvalue weighted by molar-refractivity contribution is 5.90. The summed E-state index contributed by atoms with van der Waals surface area (Å²) in [4.78, 5) is 25.3. The number of aliphatic hydroxyl groups is 6. The van der Waals surface area contributed by atoms with Crippen LogP contribution in [-0.2, 0) is 28.5 Å². The third-order valence-electron chi connectivity index (χ3n) is 8.08. The highest BCUT2D eigenvalue weighted by atomic mass is 16.8. The van der Waals surface area contributed by atoms with Crippen LogP contribution in [0.3, 0.4) is 0 Å². The Kier molecular flexibility index (Phi) is 10.9. The SMILES string of the molecule is COC(=O)C1=COC(OC2OC(CO)C(O)C(O)(O)C2O)C(C=C2CCCC2)C1C=CC1=CC(C(=O)O)=C[NH+](CCO)C1. The van der Waals surface area contributed by atoms with Gasteiger partial charge in [-0.15, -0.1) is 0 Å². The summed E-state index contributed by atoms with van der Waals surface area (Å²) in [5.74, 6) is -6.34. The van der Waals surface area contributed by atoms with E-state index in [-0.39, 0.29) is 17.8 Å². The quantitative estimate of drug-likeness (QED) is 0.0737. The van der Waals surface area contributed by atoms with Gasteiger partial charge >= 0.3 is 11.9 Å². The molecule has 8 atom stereocenters. The van der Waals surface area contributed by atoms with Crippen LogP contribution in [0.2, 0.25) is 0 Å². The van der Waals surface area contributed by atoms with E-state index in [1.807, 2.05) is 6.08 Å². The second kappa shape index (κ2) is 14.2. The lowest BCUT2D eigenvalue weighted by molar-refractivity contribution is -0.842. The van der Waals surface area contributed by atoms with Crippen molar-refractivity contribution in [2.75, 3.05) is 33.4 Å². The summed E-state index contributed by atoms with van der Waals surface area (Å²) < 4.78 is 22.2. The number of carbonyl (C=O) groups excluding carboxylic acids is 1. The van der Waals surface area contributed by atoms with E-state index in [0.29, 0.717) is 18.7 Å². The molecule has 8 N–H and O–H groups in total. The van der Waals surface area contributed by atoms with Gasteiger partial charge in [-0.2, -0.15) is 0 Å². The third-order valence-corrected chi connectivity index (χ3v) is 8.08. The molecule has 238 valence electrons. The first-order chi connectivity index (χ1) is 20.5. The molecule has 4 aliphatic rings. The summed E-state index contributed by atoms with van der Waals surface area (Å²) >= 11 is 0. The molecule has 2 fully saturated rings. The summed E-state index contributed by atoms with van der Waals surface area (Å²) in [5.41, 5.74) is 1.89. The van der Waals surface area contributed by atoms with Crippen LogP contribution in [-0.4, -0.2) is 118 Å². The minimum Gasteiger partial charge on any atom is -0.477 e. The number of carboxylic acids is 1. The maximum Gasteiger partial charge on any atom is 0.341 e. The fraction of sp³-hybridized carbons (Fsp3) is 0.586. The molecule has 8 unspecified atom stereocenters. The summed E-state index contributed by atoms with van der Waals surface area (Å²) in [6.07, 6.45) is 4.33. The number of carbonyl (C=O) groups is 2. The van der Waals surface area contributed by atoms with Gasteiger partial charge in [0.2, 0.25) is 12.1 Å². The Morgan fingerprint density at radius 3 is 2.49 bits per heavy atom. The molecule has 14 nitrogen and oxygen atoms in total. The zero-order valence-electron chi connectivity index (χ0n) is 23.7. The van der Waals surface area contributed by atoms with Crippen LogP contribution in [0.25, 0.3) is 0 Å². The molecule has 0 aromatic heterocycles. The number of carboxylic acid groups (broad SMARTS) is 1. The van der Waals surface area contributed by atoms with Gasteiger partial charge in [0.1, 0.15) is 37.1 Å². The first-order valence-electron chi connectivity index (χ1n) is 14.2.